The molecule has 3 N–H and O–H groups in total. The molecule has 0 radical (unpaired) electrons. The zero-order chi connectivity index (χ0) is 27.8. The number of fused-ring (bicyclic) bond motifs is 1. The average molecular weight is 528 g/mol. The minimum atomic E-state index is -0.968. The van der Waals surface area contributed by atoms with Gasteiger partial charge in [-0.3, -0.25) is 0 Å². The van der Waals surface area contributed by atoms with Crippen LogP contribution in [0.15, 0.2) is 91.0 Å². The lowest BCUT2D eigenvalue weighted by atomic mass is 9.93. The van der Waals surface area contributed by atoms with Crippen molar-refractivity contribution in [1.82, 2.24) is 5.32 Å². The number of ether oxygens (including phenoxy) is 2. The Balaban J connectivity index is 1.27. The van der Waals surface area contributed by atoms with Gasteiger partial charge in [-0.1, -0.05) is 72.8 Å². The van der Waals surface area contributed by atoms with Crippen LogP contribution in [0.2, 0.25) is 0 Å². The van der Waals surface area contributed by atoms with E-state index in [2.05, 4.69) is 55.6 Å². The second-order valence-corrected chi connectivity index (χ2v) is 10.6. The predicted octanol–water partition coefficient (Wildman–Crippen LogP) is 6.17. The third-order valence-corrected chi connectivity index (χ3v) is 6.74. The number of hydrogen-bond donors (Lipinski definition) is 3. The second kappa shape index (κ2) is 12.9. The lowest BCUT2D eigenvalue weighted by molar-refractivity contribution is -0.00520. The van der Waals surface area contributed by atoms with Crippen molar-refractivity contribution in [3.8, 4) is 5.75 Å². The van der Waals surface area contributed by atoms with Crippen LogP contribution in [0.5, 0.6) is 5.75 Å². The van der Waals surface area contributed by atoms with Crippen LogP contribution in [0, 0.1) is 0 Å². The molecule has 0 aliphatic carbocycles. The molecule has 0 bridgehead atoms. The molecule has 0 amide bonds. The third kappa shape index (κ3) is 8.14. The van der Waals surface area contributed by atoms with Crippen LogP contribution in [-0.4, -0.2) is 41.0 Å². The van der Waals surface area contributed by atoms with Gasteiger partial charge in [-0.25, -0.2) is 4.79 Å². The van der Waals surface area contributed by atoms with Crippen molar-refractivity contribution in [1.29, 1.82) is 0 Å². The minimum absolute atomic E-state index is 0.176. The number of rotatable bonds is 13. The highest BCUT2D eigenvalue weighted by Gasteiger charge is 2.21. The number of carboxylic acids is 1. The fraction of sp³-hybridized carbons (Fsp3) is 0.303. The van der Waals surface area contributed by atoms with Crippen LogP contribution in [0.1, 0.15) is 53.9 Å². The summed E-state index contributed by atoms with van der Waals surface area (Å²) in [6.45, 7) is 7.03. The molecular weight excluding hydrogens is 490 g/mol. The monoisotopic (exact) mass is 527 g/mol. The Bertz CT molecular complexity index is 1400. The molecule has 0 saturated heterocycles. The molecule has 4 aromatic carbocycles. The first-order valence-electron chi connectivity index (χ1n) is 13.3. The van der Waals surface area contributed by atoms with Crippen molar-refractivity contribution in [3.63, 3.8) is 0 Å². The van der Waals surface area contributed by atoms with E-state index in [1.54, 1.807) is 18.2 Å². The molecule has 0 aliphatic heterocycles. The number of hydrogen-bond acceptors (Lipinski definition) is 5. The topological polar surface area (TPSA) is 88.0 Å². The Kier molecular flexibility index (Phi) is 9.36. The van der Waals surface area contributed by atoms with Gasteiger partial charge in [-0.15, -0.1) is 0 Å². The van der Waals surface area contributed by atoms with Gasteiger partial charge in [0.25, 0.3) is 0 Å². The van der Waals surface area contributed by atoms with E-state index in [9.17, 15) is 15.0 Å². The Hall–Kier alpha value is -3.71. The predicted molar refractivity (Wildman–Crippen MR) is 154 cm³/mol. The number of β-amino-alcohol motifs (C(OH)–C–C–N with tert-alkyl or cyclic N) is 1. The number of aliphatic hydroxyl groups excluding tert-OH is 1. The first-order valence-corrected chi connectivity index (χ1v) is 13.3. The third-order valence-electron chi connectivity index (χ3n) is 6.74. The number of aromatic carboxylic acids is 1. The smallest absolute Gasteiger partial charge is 0.335 e. The quantitative estimate of drug-likeness (QED) is 0.193. The van der Waals surface area contributed by atoms with Crippen LogP contribution >= 0.6 is 0 Å². The first kappa shape index (κ1) is 28.3. The number of nitrogens with one attached hydrogen (secondary N) is 1. The summed E-state index contributed by atoms with van der Waals surface area (Å²) in [4.78, 5) is 11.2. The standard InChI is InChI=1S/C33H37NO5/c1-23(30-13-6-7-14-31(30)39-21-25-9-8-12-28(18-25)32(36)37)38-22-29(35)20-34-33(2,3)19-24-15-16-26-10-4-5-11-27(26)17-24/h4-18,23,29,34-35H,19-22H2,1-3H3,(H,36,37)/t23?,29-/m0/s1. The second-order valence-electron chi connectivity index (χ2n) is 10.6. The molecule has 0 spiro atoms. The van der Waals surface area contributed by atoms with E-state index in [4.69, 9.17) is 9.47 Å². The maximum absolute atomic E-state index is 11.2. The average Bonchev–Trinajstić information content (AvgIpc) is 2.93. The lowest BCUT2D eigenvalue weighted by Crippen LogP contribution is -2.46. The summed E-state index contributed by atoms with van der Waals surface area (Å²) in [5.41, 5.74) is 2.91. The molecule has 0 aromatic heterocycles. The van der Waals surface area contributed by atoms with Gasteiger partial charge in [-0.05, 0) is 67.3 Å². The number of carboxylic acid groups (broad SMARTS) is 1. The van der Waals surface area contributed by atoms with Crippen LogP contribution in [0.3, 0.4) is 0 Å². The van der Waals surface area contributed by atoms with Gasteiger partial charge in [0.2, 0.25) is 0 Å². The maximum Gasteiger partial charge on any atom is 0.335 e. The fourth-order valence-corrected chi connectivity index (χ4v) is 4.62. The Morgan fingerprint density at radius 2 is 1.64 bits per heavy atom. The van der Waals surface area contributed by atoms with E-state index in [1.165, 1.54) is 16.3 Å². The highest BCUT2D eigenvalue weighted by molar-refractivity contribution is 5.87. The van der Waals surface area contributed by atoms with Gasteiger partial charge in [0.05, 0.1) is 24.4 Å². The van der Waals surface area contributed by atoms with Gasteiger partial charge in [0, 0.05) is 17.6 Å². The molecule has 0 aliphatic rings. The SMILES string of the molecule is CC(OC[C@@H](O)CNC(C)(C)Cc1ccc2ccccc2c1)c1ccccc1OCc1cccc(C(=O)O)c1. The molecule has 1 unspecified atom stereocenters. The van der Waals surface area contributed by atoms with Gasteiger partial charge >= 0.3 is 5.97 Å². The number of para-hydroxylation sites is 1. The molecular formula is C33H37NO5. The molecule has 6 heteroatoms. The number of aliphatic hydroxyl groups is 1. The molecule has 39 heavy (non-hydrogen) atoms. The Morgan fingerprint density at radius 1 is 0.897 bits per heavy atom. The van der Waals surface area contributed by atoms with Gasteiger partial charge in [-0.2, -0.15) is 0 Å². The van der Waals surface area contributed by atoms with Crippen molar-refractivity contribution >= 4 is 16.7 Å². The van der Waals surface area contributed by atoms with Crippen molar-refractivity contribution < 1.29 is 24.5 Å². The van der Waals surface area contributed by atoms with E-state index in [0.29, 0.717) is 12.3 Å². The normalized spacial score (nSPS) is 13.2. The molecule has 0 fully saturated rings. The molecule has 0 heterocycles. The summed E-state index contributed by atoms with van der Waals surface area (Å²) < 4.78 is 12.0. The fourth-order valence-electron chi connectivity index (χ4n) is 4.62. The van der Waals surface area contributed by atoms with E-state index < -0.39 is 12.1 Å². The number of benzene rings is 4. The highest BCUT2D eigenvalue weighted by atomic mass is 16.5. The van der Waals surface area contributed by atoms with Crippen molar-refractivity contribution in [2.24, 2.45) is 0 Å². The summed E-state index contributed by atoms with van der Waals surface area (Å²) in [5, 5.41) is 25.8. The van der Waals surface area contributed by atoms with Gasteiger partial charge in [0.1, 0.15) is 12.4 Å². The molecule has 2 atom stereocenters. The Morgan fingerprint density at radius 3 is 2.44 bits per heavy atom. The van der Waals surface area contributed by atoms with E-state index in [-0.39, 0.29) is 30.4 Å². The molecule has 204 valence electrons. The maximum atomic E-state index is 11.2. The summed E-state index contributed by atoms with van der Waals surface area (Å²) in [5.74, 6) is -0.306. The minimum Gasteiger partial charge on any atom is -0.489 e. The zero-order valence-electron chi connectivity index (χ0n) is 22.8. The van der Waals surface area contributed by atoms with Crippen LogP contribution in [0.25, 0.3) is 10.8 Å². The van der Waals surface area contributed by atoms with Crippen LogP contribution < -0.4 is 10.1 Å². The molecule has 4 aromatic rings. The van der Waals surface area contributed by atoms with E-state index >= 15 is 0 Å². The largest absolute Gasteiger partial charge is 0.489 e. The Labute approximate surface area is 230 Å². The van der Waals surface area contributed by atoms with E-state index in [1.807, 2.05) is 43.3 Å². The van der Waals surface area contributed by atoms with Gasteiger partial charge in [0.15, 0.2) is 0 Å². The first-order chi connectivity index (χ1) is 18.7. The highest BCUT2D eigenvalue weighted by Crippen LogP contribution is 2.28. The van der Waals surface area contributed by atoms with Gasteiger partial charge < -0.3 is 25.0 Å². The summed E-state index contributed by atoms with van der Waals surface area (Å²) in [7, 11) is 0. The van der Waals surface area contributed by atoms with Crippen LogP contribution in [0.4, 0.5) is 0 Å². The van der Waals surface area contributed by atoms with Crippen LogP contribution in [-0.2, 0) is 17.8 Å². The lowest BCUT2D eigenvalue weighted by Gasteiger charge is -2.28. The molecule has 0 saturated carbocycles. The van der Waals surface area contributed by atoms with Crippen molar-refractivity contribution in [2.75, 3.05) is 13.2 Å². The molecule has 4 rings (SSSR count). The van der Waals surface area contributed by atoms with E-state index in [0.717, 1.165) is 17.5 Å². The summed E-state index contributed by atoms with van der Waals surface area (Å²) in [6.07, 6.45) is -0.135. The molecule has 6 nitrogen and oxygen atoms in total. The zero-order valence-corrected chi connectivity index (χ0v) is 22.8. The van der Waals surface area contributed by atoms with Crippen molar-refractivity contribution in [2.45, 2.75) is 51.5 Å². The summed E-state index contributed by atoms with van der Waals surface area (Å²) >= 11 is 0. The summed E-state index contributed by atoms with van der Waals surface area (Å²) in [6, 6.07) is 29.2. The number of carbonyl (C=O) groups is 1. The van der Waals surface area contributed by atoms with Crippen molar-refractivity contribution in [3.05, 3.63) is 113 Å².